The maximum Gasteiger partial charge on any atom is 0.387 e. The summed E-state index contributed by atoms with van der Waals surface area (Å²) in [4.78, 5) is 0. The van der Waals surface area contributed by atoms with Crippen molar-refractivity contribution in [1.29, 1.82) is 0 Å². The van der Waals surface area contributed by atoms with Crippen LogP contribution in [0.2, 0.25) is 0 Å². The second-order valence-electron chi connectivity index (χ2n) is 6.10. The fraction of sp³-hybridized carbons (Fsp3) is 0.333. The largest absolute Gasteiger partial charge is 0.433 e. The number of nitrogens with two attached hydrogens (primary N) is 1. The van der Waals surface area contributed by atoms with Gasteiger partial charge in [-0.05, 0) is 36.8 Å². The molecule has 2 aromatic carbocycles. The van der Waals surface area contributed by atoms with Gasteiger partial charge in [-0.25, -0.2) is 0 Å². The monoisotopic (exact) mass is 385 g/mol. The topological polar surface area (TPSA) is 68.5 Å². The summed E-state index contributed by atoms with van der Waals surface area (Å²) in [5, 5.41) is 6.37. The van der Waals surface area contributed by atoms with E-state index in [-0.39, 0.29) is 24.4 Å². The van der Waals surface area contributed by atoms with E-state index in [2.05, 4.69) is 15.4 Å². The number of nitrogens with one attached hydrogen (secondary N) is 2. The van der Waals surface area contributed by atoms with Gasteiger partial charge in [0, 0.05) is 18.8 Å². The number of benzene rings is 2. The van der Waals surface area contributed by atoms with Gasteiger partial charge < -0.3 is 25.8 Å². The molecule has 0 spiro atoms. The van der Waals surface area contributed by atoms with E-state index in [0.717, 1.165) is 11.3 Å². The quantitative estimate of drug-likeness (QED) is 0.734. The standard InChI is InChI=1S/C18H21F2N3O2.ClH/c1-18(11-22-10-16(21)25-18)12-5-4-6-13(9-12)23-14-7-2-3-8-15(14)24-17(19)20;/h2-9,16-17,22-23H,10-11,21H2,1H3;1H. The molecule has 5 nitrogen and oxygen atoms in total. The first-order valence-corrected chi connectivity index (χ1v) is 8.02. The van der Waals surface area contributed by atoms with Crippen molar-refractivity contribution in [3.8, 4) is 5.75 Å². The molecule has 2 unspecified atom stereocenters. The Morgan fingerprint density at radius 1 is 1.27 bits per heavy atom. The first-order valence-electron chi connectivity index (χ1n) is 8.02. The number of hydrogen-bond donors (Lipinski definition) is 3. The number of halogens is 3. The van der Waals surface area contributed by atoms with Crippen LogP contribution < -0.4 is 21.1 Å². The van der Waals surface area contributed by atoms with Gasteiger partial charge in [-0.15, -0.1) is 12.4 Å². The molecule has 1 aliphatic heterocycles. The average molecular weight is 386 g/mol. The van der Waals surface area contributed by atoms with Crippen molar-refractivity contribution >= 4 is 23.8 Å². The van der Waals surface area contributed by atoms with Crippen molar-refractivity contribution in [2.24, 2.45) is 5.73 Å². The van der Waals surface area contributed by atoms with Gasteiger partial charge in [-0.3, -0.25) is 0 Å². The molecule has 1 saturated heterocycles. The molecule has 2 atom stereocenters. The lowest BCUT2D eigenvalue weighted by Gasteiger charge is -2.38. The molecule has 8 heteroatoms. The molecular weight excluding hydrogens is 364 g/mol. The van der Waals surface area contributed by atoms with Crippen molar-refractivity contribution in [3.63, 3.8) is 0 Å². The third-order valence-corrected chi connectivity index (χ3v) is 4.07. The molecule has 2 aromatic rings. The first-order chi connectivity index (χ1) is 12.0. The van der Waals surface area contributed by atoms with E-state index in [1.165, 1.54) is 6.07 Å². The molecule has 4 N–H and O–H groups in total. The van der Waals surface area contributed by atoms with E-state index < -0.39 is 12.2 Å². The van der Waals surface area contributed by atoms with E-state index in [9.17, 15) is 8.78 Å². The summed E-state index contributed by atoms with van der Waals surface area (Å²) < 4.78 is 35.6. The minimum Gasteiger partial charge on any atom is -0.433 e. The number of anilines is 2. The van der Waals surface area contributed by atoms with Crippen LogP contribution in [-0.4, -0.2) is 25.9 Å². The smallest absolute Gasteiger partial charge is 0.387 e. The first kappa shape index (κ1) is 20.4. The van der Waals surface area contributed by atoms with E-state index >= 15 is 0 Å². The van der Waals surface area contributed by atoms with Gasteiger partial charge in [0.1, 0.15) is 17.6 Å². The number of alkyl halides is 2. The summed E-state index contributed by atoms with van der Waals surface area (Å²) in [6.45, 7) is 0.323. The van der Waals surface area contributed by atoms with Gasteiger partial charge in [0.25, 0.3) is 0 Å². The molecule has 3 rings (SSSR count). The lowest BCUT2D eigenvalue weighted by molar-refractivity contribution is -0.107. The normalized spacial score (nSPS) is 22.6. The zero-order valence-electron chi connectivity index (χ0n) is 14.2. The Labute approximate surface area is 157 Å². The van der Waals surface area contributed by atoms with Crippen LogP contribution in [0.25, 0.3) is 0 Å². The molecule has 26 heavy (non-hydrogen) atoms. The van der Waals surface area contributed by atoms with Crippen LogP contribution in [0.15, 0.2) is 48.5 Å². The summed E-state index contributed by atoms with van der Waals surface area (Å²) >= 11 is 0. The third-order valence-electron chi connectivity index (χ3n) is 4.07. The van der Waals surface area contributed by atoms with Gasteiger partial charge in [-0.2, -0.15) is 8.78 Å². The lowest BCUT2D eigenvalue weighted by atomic mass is 9.94. The molecule has 0 aliphatic carbocycles. The average Bonchev–Trinajstić information content (AvgIpc) is 2.56. The van der Waals surface area contributed by atoms with Crippen LogP contribution in [0.3, 0.4) is 0 Å². The number of morpholine rings is 1. The highest BCUT2D eigenvalue weighted by Gasteiger charge is 2.33. The van der Waals surface area contributed by atoms with Crippen molar-refractivity contribution in [2.75, 3.05) is 18.4 Å². The van der Waals surface area contributed by atoms with Crippen LogP contribution in [-0.2, 0) is 10.3 Å². The summed E-state index contributed by atoms with van der Waals surface area (Å²) in [5.41, 5.74) is 7.47. The molecule has 0 saturated carbocycles. The highest BCUT2D eigenvalue weighted by atomic mass is 35.5. The third kappa shape index (κ3) is 4.82. The van der Waals surface area contributed by atoms with Crippen molar-refractivity contribution in [1.82, 2.24) is 5.32 Å². The molecule has 0 radical (unpaired) electrons. The van der Waals surface area contributed by atoms with Crippen molar-refractivity contribution in [3.05, 3.63) is 54.1 Å². The molecule has 1 heterocycles. The second kappa shape index (κ2) is 8.64. The Morgan fingerprint density at radius 2 is 2.04 bits per heavy atom. The number of para-hydroxylation sites is 2. The van der Waals surface area contributed by atoms with Crippen LogP contribution in [0, 0.1) is 0 Å². The molecule has 142 valence electrons. The Hall–Kier alpha value is -1.93. The molecule has 1 aliphatic rings. The molecule has 0 aromatic heterocycles. The van der Waals surface area contributed by atoms with E-state index in [0.29, 0.717) is 18.8 Å². The minimum absolute atomic E-state index is 0. The molecular formula is C18H22ClF2N3O2. The Kier molecular flexibility index (Phi) is 6.77. The summed E-state index contributed by atoms with van der Waals surface area (Å²) in [7, 11) is 0. The number of rotatable bonds is 5. The van der Waals surface area contributed by atoms with E-state index in [4.69, 9.17) is 10.5 Å². The Balaban J connectivity index is 0.00000243. The fourth-order valence-corrected chi connectivity index (χ4v) is 2.89. The molecule has 0 amide bonds. The zero-order chi connectivity index (χ0) is 17.9. The van der Waals surface area contributed by atoms with E-state index in [1.54, 1.807) is 18.2 Å². The summed E-state index contributed by atoms with van der Waals surface area (Å²) in [6.07, 6.45) is -0.379. The summed E-state index contributed by atoms with van der Waals surface area (Å²) in [6, 6.07) is 14.2. The predicted molar refractivity (Wildman–Crippen MR) is 99.3 cm³/mol. The molecule has 1 fully saturated rings. The molecule has 0 bridgehead atoms. The van der Waals surface area contributed by atoms with Gasteiger partial charge in [0.15, 0.2) is 0 Å². The van der Waals surface area contributed by atoms with Gasteiger partial charge in [0.2, 0.25) is 0 Å². The van der Waals surface area contributed by atoms with Crippen molar-refractivity contribution in [2.45, 2.75) is 25.4 Å². The SMILES string of the molecule is CC1(c2cccc(Nc3ccccc3OC(F)F)c2)CNCC(N)O1.Cl. The fourth-order valence-electron chi connectivity index (χ4n) is 2.89. The van der Waals surface area contributed by atoms with E-state index in [1.807, 2.05) is 31.2 Å². The lowest BCUT2D eigenvalue weighted by Crippen LogP contribution is -2.53. The maximum atomic E-state index is 12.5. The second-order valence-corrected chi connectivity index (χ2v) is 6.10. The van der Waals surface area contributed by atoms with Crippen LogP contribution >= 0.6 is 12.4 Å². The number of hydrogen-bond acceptors (Lipinski definition) is 5. The predicted octanol–water partition coefficient (Wildman–Crippen LogP) is 3.57. The Bertz CT molecular complexity index is 735. The van der Waals surface area contributed by atoms with Crippen LogP contribution in [0.4, 0.5) is 20.2 Å². The highest BCUT2D eigenvalue weighted by molar-refractivity contribution is 5.85. The van der Waals surface area contributed by atoms with Gasteiger partial charge >= 0.3 is 6.61 Å². The van der Waals surface area contributed by atoms with Gasteiger partial charge in [0.05, 0.1) is 5.69 Å². The van der Waals surface area contributed by atoms with Crippen LogP contribution in [0.5, 0.6) is 5.75 Å². The maximum absolute atomic E-state index is 12.5. The highest BCUT2D eigenvalue weighted by Crippen LogP contribution is 2.32. The zero-order valence-corrected chi connectivity index (χ0v) is 15.1. The number of ether oxygens (including phenoxy) is 2. The van der Waals surface area contributed by atoms with Crippen molar-refractivity contribution < 1.29 is 18.3 Å². The summed E-state index contributed by atoms with van der Waals surface area (Å²) in [5.74, 6) is 0.0896. The minimum atomic E-state index is -2.88. The Morgan fingerprint density at radius 3 is 2.77 bits per heavy atom. The van der Waals surface area contributed by atoms with Crippen LogP contribution in [0.1, 0.15) is 12.5 Å². The van der Waals surface area contributed by atoms with Gasteiger partial charge in [-0.1, -0.05) is 24.3 Å².